The highest BCUT2D eigenvalue weighted by molar-refractivity contribution is 5.93. The molecule has 0 aromatic carbocycles. The fourth-order valence-corrected chi connectivity index (χ4v) is 1.84. The van der Waals surface area contributed by atoms with Crippen molar-refractivity contribution in [2.24, 2.45) is 0 Å². The van der Waals surface area contributed by atoms with Crippen LogP contribution in [0.15, 0.2) is 0 Å². The zero-order valence-corrected chi connectivity index (χ0v) is 9.27. The van der Waals surface area contributed by atoms with Gasteiger partial charge >= 0.3 is 5.97 Å². The van der Waals surface area contributed by atoms with Gasteiger partial charge in [0.1, 0.15) is 6.42 Å². The zero-order valence-electron chi connectivity index (χ0n) is 9.27. The van der Waals surface area contributed by atoms with Crippen LogP contribution in [0.25, 0.3) is 0 Å². The summed E-state index contributed by atoms with van der Waals surface area (Å²) in [5.41, 5.74) is 0. The molecular weight excluding hydrogens is 196 g/mol. The number of hydrogen-bond donors (Lipinski definition) is 1. The quantitative estimate of drug-likeness (QED) is 0.672. The van der Waals surface area contributed by atoms with E-state index in [1.807, 2.05) is 14.1 Å². The fourth-order valence-electron chi connectivity index (χ4n) is 1.84. The summed E-state index contributed by atoms with van der Waals surface area (Å²) in [6, 6.07) is 0.358. The summed E-state index contributed by atoms with van der Waals surface area (Å²) in [5.74, 6) is -1.32. The van der Waals surface area contributed by atoms with Crippen LogP contribution in [-0.2, 0) is 9.59 Å². The molecule has 1 atom stereocenters. The molecule has 0 aliphatic carbocycles. The monoisotopic (exact) mass is 214 g/mol. The molecule has 1 fully saturated rings. The number of piperidine rings is 1. The number of carbonyl (C=O) groups is 2. The minimum Gasteiger partial charge on any atom is -0.481 e. The van der Waals surface area contributed by atoms with Crippen LogP contribution in [0.1, 0.15) is 19.3 Å². The molecule has 0 spiro atoms. The largest absolute Gasteiger partial charge is 0.481 e. The van der Waals surface area contributed by atoms with E-state index in [2.05, 4.69) is 4.90 Å². The lowest BCUT2D eigenvalue weighted by molar-refractivity contribution is -0.145. The van der Waals surface area contributed by atoms with E-state index in [0.717, 1.165) is 12.8 Å². The van der Waals surface area contributed by atoms with Crippen LogP contribution >= 0.6 is 0 Å². The molecule has 1 rings (SSSR count). The Bertz CT molecular complexity index is 253. The maximum atomic E-state index is 11.5. The van der Waals surface area contributed by atoms with Gasteiger partial charge in [0.25, 0.3) is 0 Å². The zero-order chi connectivity index (χ0) is 11.4. The molecule has 1 amide bonds. The van der Waals surface area contributed by atoms with Crippen molar-refractivity contribution in [3.05, 3.63) is 0 Å². The van der Waals surface area contributed by atoms with Crippen LogP contribution in [0, 0.1) is 0 Å². The molecule has 1 heterocycles. The maximum absolute atomic E-state index is 11.5. The Hall–Kier alpha value is -1.10. The van der Waals surface area contributed by atoms with E-state index in [9.17, 15) is 9.59 Å². The summed E-state index contributed by atoms with van der Waals surface area (Å²) < 4.78 is 0. The van der Waals surface area contributed by atoms with Crippen molar-refractivity contribution in [1.29, 1.82) is 0 Å². The number of likely N-dealkylation sites (N-methyl/N-ethyl adjacent to an activating group) is 1. The minimum atomic E-state index is -1.05. The number of carbonyl (C=O) groups excluding carboxylic acids is 1. The van der Waals surface area contributed by atoms with Gasteiger partial charge in [-0.1, -0.05) is 0 Å². The third-order valence-corrected chi connectivity index (χ3v) is 2.78. The van der Waals surface area contributed by atoms with E-state index in [-0.39, 0.29) is 12.3 Å². The van der Waals surface area contributed by atoms with Gasteiger partial charge < -0.3 is 14.9 Å². The minimum absolute atomic E-state index is 0.269. The van der Waals surface area contributed by atoms with E-state index in [1.54, 1.807) is 4.90 Å². The Morgan fingerprint density at radius 1 is 1.47 bits per heavy atom. The number of aliphatic carboxylic acids is 1. The SMILES string of the molecule is CN(C)C1CCCN(C(=O)CC(=O)O)C1. The van der Waals surface area contributed by atoms with Gasteiger partial charge in [-0.05, 0) is 26.9 Å². The third-order valence-electron chi connectivity index (χ3n) is 2.78. The molecule has 1 N–H and O–H groups in total. The number of nitrogens with zero attached hydrogens (tertiary/aromatic N) is 2. The molecule has 0 aromatic heterocycles. The topological polar surface area (TPSA) is 60.9 Å². The number of likely N-dealkylation sites (tertiary alicyclic amines) is 1. The first-order chi connectivity index (χ1) is 7.00. The molecule has 5 heteroatoms. The van der Waals surface area contributed by atoms with Crippen molar-refractivity contribution in [1.82, 2.24) is 9.80 Å². The van der Waals surface area contributed by atoms with Gasteiger partial charge in [-0.15, -0.1) is 0 Å². The highest BCUT2D eigenvalue weighted by Crippen LogP contribution is 2.14. The molecule has 1 saturated heterocycles. The summed E-state index contributed by atoms with van der Waals surface area (Å²) >= 11 is 0. The number of rotatable bonds is 3. The van der Waals surface area contributed by atoms with Crippen LogP contribution in [0.2, 0.25) is 0 Å². The smallest absolute Gasteiger partial charge is 0.312 e. The molecule has 1 aliphatic rings. The van der Waals surface area contributed by atoms with Crippen LogP contribution in [0.4, 0.5) is 0 Å². The van der Waals surface area contributed by atoms with Crippen molar-refractivity contribution >= 4 is 11.9 Å². The summed E-state index contributed by atoms with van der Waals surface area (Å²) in [5, 5.41) is 8.53. The van der Waals surface area contributed by atoms with Gasteiger partial charge in [0.05, 0.1) is 0 Å². The summed E-state index contributed by atoms with van der Waals surface area (Å²) in [4.78, 5) is 25.7. The first-order valence-electron chi connectivity index (χ1n) is 5.16. The highest BCUT2D eigenvalue weighted by Gasteiger charge is 2.25. The Morgan fingerprint density at radius 3 is 2.67 bits per heavy atom. The second-order valence-electron chi connectivity index (χ2n) is 4.17. The lowest BCUT2D eigenvalue weighted by Gasteiger charge is -2.35. The normalized spacial score (nSPS) is 21.8. The van der Waals surface area contributed by atoms with Gasteiger partial charge in [-0.2, -0.15) is 0 Å². The number of carboxylic acids is 1. The van der Waals surface area contributed by atoms with E-state index in [4.69, 9.17) is 5.11 Å². The van der Waals surface area contributed by atoms with Gasteiger partial charge in [0, 0.05) is 19.1 Å². The number of hydrogen-bond acceptors (Lipinski definition) is 3. The highest BCUT2D eigenvalue weighted by atomic mass is 16.4. The average molecular weight is 214 g/mol. The molecule has 0 aromatic rings. The standard InChI is InChI=1S/C10H18N2O3/c1-11(2)8-4-3-5-12(7-8)9(13)6-10(14)15/h8H,3-7H2,1-2H3,(H,14,15). The first-order valence-corrected chi connectivity index (χ1v) is 5.16. The van der Waals surface area contributed by atoms with Gasteiger partial charge in [-0.3, -0.25) is 9.59 Å². The fraction of sp³-hybridized carbons (Fsp3) is 0.800. The van der Waals surface area contributed by atoms with Gasteiger partial charge in [0.2, 0.25) is 5.91 Å². The maximum Gasteiger partial charge on any atom is 0.312 e. The number of amides is 1. The Labute approximate surface area is 89.7 Å². The Kier molecular flexibility index (Phi) is 4.08. The summed E-state index contributed by atoms with van der Waals surface area (Å²) in [6.07, 6.45) is 1.64. The van der Waals surface area contributed by atoms with Crippen LogP contribution in [0.5, 0.6) is 0 Å². The lowest BCUT2D eigenvalue weighted by Crippen LogP contribution is -2.47. The molecular formula is C10H18N2O3. The molecule has 1 unspecified atom stereocenters. The van der Waals surface area contributed by atoms with Crippen LogP contribution in [0.3, 0.4) is 0 Å². The molecule has 1 aliphatic heterocycles. The summed E-state index contributed by atoms with van der Waals surface area (Å²) in [6.45, 7) is 1.34. The molecule has 0 radical (unpaired) electrons. The number of carboxylic acid groups (broad SMARTS) is 1. The molecule has 5 nitrogen and oxygen atoms in total. The lowest BCUT2D eigenvalue weighted by atomic mass is 10.0. The predicted octanol–water partition coefficient (Wildman–Crippen LogP) is 0.0137. The molecule has 0 bridgehead atoms. The van der Waals surface area contributed by atoms with Gasteiger partial charge in [-0.25, -0.2) is 0 Å². The second kappa shape index (κ2) is 5.11. The first kappa shape index (κ1) is 12.0. The van der Waals surface area contributed by atoms with Crippen molar-refractivity contribution in [3.8, 4) is 0 Å². The van der Waals surface area contributed by atoms with E-state index in [1.165, 1.54) is 0 Å². The average Bonchev–Trinajstić information content (AvgIpc) is 2.17. The van der Waals surface area contributed by atoms with E-state index in [0.29, 0.717) is 19.1 Å². The molecule has 0 saturated carbocycles. The van der Waals surface area contributed by atoms with Crippen LogP contribution in [-0.4, -0.2) is 60.0 Å². The van der Waals surface area contributed by atoms with Crippen molar-refractivity contribution in [3.63, 3.8) is 0 Å². The molecule has 86 valence electrons. The van der Waals surface area contributed by atoms with Crippen molar-refractivity contribution in [2.75, 3.05) is 27.2 Å². The third kappa shape index (κ3) is 3.51. The van der Waals surface area contributed by atoms with Crippen molar-refractivity contribution < 1.29 is 14.7 Å². The second-order valence-corrected chi connectivity index (χ2v) is 4.17. The van der Waals surface area contributed by atoms with Crippen LogP contribution < -0.4 is 0 Å². The van der Waals surface area contributed by atoms with E-state index < -0.39 is 5.97 Å². The predicted molar refractivity (Wildman–Crippen MR) is 55.5 cm³/mol. The summed E-state index contributed by atoms with van der Waals surface area (Å²) in [7, 11) is 3.96. The van der Waals surface area contributed by atoms with E-state index >= 15 is 0 Å². The molecule has 15 heavy (non-hydrogen) atoms. The van der Waals surface area contributed by atoms with Gasteiger partial charge in [0.15, 0.2) is 0 Å². The Balaban J connectivity index is 2.48. The Morgan fingerprint density at radius 2 is 2.13 bits per heavy atom. The van der Waals surface area contributed by atoms with Crippen molar-refractivity contribution in [2.45, 2.75) is 25.3 Å².